The number of aromatic nitrogens is 1. The van der Waals surface area contributed by atoms with Gasteiger partial charge in [0.2, 0.25) is 0 Å². The number of unbranched alkanes of at least 4 members (excludes halogenated alkanes) is 1. The van der Waals surface area contributed by atoms with E-state index in [0.29, 0.717) is 0 Å². The molecule has 0 aliphatic heterocycles. The van der Waals surface area contributed by atoms with Gasteiger partial charge < -0.3 is 4.90 Å². The van der Waals surface area contributed by atoms with Crippen LogP contribution in [0.25, 0.3) is 0 Å². The SMILES string of the molecule is CCCCN(c1ncccc1CBr)C1CC1. The van der Waals surface area contributed by atoms with Crippen molar-refractivity contribution in [2.75, 3.05) is 11.4 Å². The molecule has 1 saturated carbocycles. The molecule has 0 bridgehead atoms. The van der Waals surface area contributed by atoms with Crippen LogP contribution in [0.5, 0.6) is 0 Å². The lowest BCUT2D eigenvalue weighted by Crippen LogP contribution is -2.28. The maximum atomic E-state index is 4.56. The van der Waals surface area contributed by atoms with Crippen molar-refractivity contribution >= 4 is 21.7 Å². The minimum atomic E-state index is 0.749. The number of halogens is 1. The minimum absolute atomic E-state index is 0.749. The van der Waals surface area contributed by atoms with Crippen molar-refractivity contribution in [2.24, 2.45) is 0 Å². The van der Waals surface area contributed by atoms with Gasteiger partial charge in [0.05, 0.1) is 0 Å². The molecule has 3 heteroatoms. The number of hydrogen-bond acceptors (Lipinski definition) is 2. The van der Waals surface area contributed by atoms with Crippen LogP contribution in [0.2, 0.25) is 0 Å². The summed E-state index contributed by atoms with van der Waals surface area (Å²) in [5.41, 5.74) is 1.31. The van der Waals surface area contributed by atoms with Gasteiger partial charge in [0, 0.05) is 29.7 Å². The van der Waals surface area contributed by atoms with Crippen LogP contribution in [0.15, 0.2) is 18.3 Å². The fourth-order valence-electron chi connectivity index (χ4n) is 1.97. The maximum absolute atomic E-state index is 4.56. The Hall–Kier alpha value is -0.570. The highest BCUT2D eigenvalue weighted by Crippen LogP contribution is 2.33. The number of rotatable bonds is 6. The highest BCUT2D eigenvalue weighted by molar-refractivity contribution is 9.08. The molecule has 1 aromatic rings. The van der Waals surface area contributed by atoms with Gasteiger partial charge in [0.25, 0.3) is 0 Å². The van der Waals surface area contributed by atoms with E-state index < -0.39 is 0 Å². The van der Waals surface area contributed by atoms with Crippen LogP contribution in [0.3, 0.4) is 0 Å². The highest BCUT2D eigenvalue weighted by Gasteiger charge is 2.30. The average Bonchev–Trinajstić information content (AvgIpc) is 3.14. The van der Waals surface area contributed by atoms with Gasteiger partial charge in [-0.2, -0.15) is 0 Å². The Bertz CT molecular complexity index is 336. The van der Waals surface area contributed by atoms with Crippen molar-refractivity contribution in [3.8, 4) is 0 Å². The predicted molar refractivity (Wildman–Crippen MR) is 72.1 cm³/mol. The molecule has 2 nitrogen and oxygen atoms in total. The molecule has 0 unspecified atom stereocenters. The Labute approximate surface area is 106 Å². The maximum Gasteiger partial charge on any atom is 0.132 e. The molecule has 1 fully saturated rings. The molecular formula is C13H19BrN2. The first-order valence-corrected chi connectivity index (χ1v) is 7.25. The van der Waals surface area contributed by atoms with Crippen molar-refractivity contribution in [1.29, 1.82) is 0 Å². The lowest BCUT2D eigenvalue weighted by molar-refractivity contribution is 0.702. The molecular weight excluding hydrogens is 264 g/mol. The molecule has 1 aliphatic rings. The second kappa shape index (κ2) is 5.67. The summed E-state index contributed by atoms with van der Waals surface area (Å²) in [7, 11) is 0. The molecule has 0 aromatic carbocycles. The Morgan fingerprint density at radius 3 is 2.94 bits per heavy atom. The quantitative estimate of drug-likeness (QED) is 0.739. The molecule has 1 aromatic heterocycles. The van der Waals surface area contributed by atoms with Crippen LogP contribution in [-0.2, 0) is 5.33 Å². The zero-order valence-electron chi connectivity index (χ0n) is 9.82. The number of anilines is 1. The van der Waals surface area contributed by atoms with Crippen molar-refractivity contribution in [1.82, 2.24) is 4.98 Å². The summed E-state index contributed by atoms with van der Waals surface area (Å²) in [6.07, 6.45) is 7.08. The molecule has 1 aliphatic carbocycles. The first kappa shape index (κ1) is 11.9. The largest absolute Gasteiger partial charge is 0.353 e. The van der Waals surface area contributed by atoms with Crippen molar-refractivity contribution in [3.05, 3.63) is 23.9 Å². The van der Waals surface area contributed by atoms with Gasteiger partial charge in [-0.15, -0.1) is 0 Å². The Balaban J connectivity index is 2.16. The van der Waals surface area contributed by atoms with Gasteiger partial charge in [-0.3, -0.25) is 0 Å². The first-order chi connectivity index (χ1) is 7.86. The molecule has 1 heterocycles. The van der Waals surface area contributed by atoms with E-state index in [1.807, 2.05) is 12.3 Å². The summed E-state index contributed by atoms with van der Waals surface area (Å²) in [6, 6.07) is 4.93. The summed E-state index contributed by atoms with van der Waals surface area (Å²) in [6.45, 7) is 3.40. The van der Waals surface area contributed by atoms with Crippen LogP contribution in [0, 0.1) is 0 Å². The Kier molecular flexibility index (Phi) is 4.22. The van der Waals surface area contributed by atoms with Gasteiger partial charge in [-0.1, -0.05) is 35.3 Å². The van der Waals surface area contributed by atoms with E-state index in [4.69, 9.17) is 0 Å². The molecule has 0 N–H and O–H groups in total. The van der Waals surface area contributed by atoms with Gasteiger partial charge in [0.15, 0.2) is 0 Å². The summed E-state index contributed by atoms with van der Waals surface area (Å²) in [5.74, 6) is 1.19. The van der Waals surface area contributed by atoms with Crippen LogP contribution in [0.1, 0.15) is 38.2 Å². The number of pyridine rings is 1. The van der Waals surface area contributed by atoms with Crippen LogP contribution >= 0.6 is 15.9 Å². The monoisotopic (exact) mass is 282 g/mol. The smallest absolute Gasteiger partial charge is 0.132 e. The zero-order chi connectivity index (χ0) is 11.4. The third kappa shape index (κ3) is 2.76. The average molecular weight is 283 g/mol. The molecule has 0 atom stereocenters. The summed E-state index contributed by atoms with van der Waals surface area (Å²) >= 11 is 3.55. The Morgan fingerprint density at radius 1 is 1.50 bits per heavy atom. The third-order valence-corrected chi connectivity index (χ3v) is 3.63. The van der Waals surface area contributed by atoms with E-state index in [1.54, 1.807) is 0 Å². The summed E-state index contributed by atoms with van der Waals surface area (Å²) < 4.78 is 0. The van der Waals surface area contributed by atoms with E-state index in [0.717, 1.165) is 17.9 Å². The molecule has 0 spiro atoms. The standard InChI is InChI=1S/C13H19BrN2/c1-2-3-9-16(12-6-7-12)13-11(10-14)5-4-8-15-13/h4-5,8,12H,2-3,6-7,9-10H2,1H3. The topological polar surface area (TPSA) is 16.1 Å². The number of nitrogens with zero attached hydrogens (tertiary/aromatic N) is 2. The van der Waals surface area contributed by atoms with E-state index in [9.17, 15) is 0 Å². The number of alkyl halides is 1. The van der Waals surface area contributed by atoms with E-state index in [2.05, 4.69) is 38.8 Å². The second-order valence-electron chi connectivity index (χ2n) is 4.40. The van der Waals surface area contributed by atoms with Gasteiger partial charge in [-0.05, 0) is 25.3 Å². The summed E-state index contributed by atoms with van der Waals surface area (Å²) in [5, 5.41) is 0.894. The molecule has 0 saturated heterocycles. The lowest BCUT2D eigenvalue weighted by Gasteiger charge is -2.25. The van der Waals surface area contributed by atoms with E-state index in [1.165, 1.54) is 37.1 Å². The zero-order valence-corrected chi connectivity index (χ0v) is 11.4. The first-order valence-electron chi connectivity index (χ1n) is 6.13. The Morgan fingerprint density at radius 2 is 2.31 bits per heavy atom. The normalized spacial score (nSPS) is 15.1. The molecule has 88 valence electrons. The van der Waals surface area contributed by atoms with Crippen LogP contribution < -0.4 is 4.90 Å². The molecule has 16 heavy (non-hydrogen) atoms. The minimum Gasteiger partial charge on any atom is -0.353 e. The van der Waals surface area contributed by atoms with Crippen LogP contribution in [0.4, 0.5) is 5.82 Å². The van der Waals surface area contributed by atoms with E-state index >= 15 is 0 Å². The van der Waals surface area contributed by atoms with Crippen molar-refractivity contribution < 1.29 is 0 Å². The van der Waals surface area contributed by atoms with Crippen LogP contribution in [-0.4, -0.2) is 17.6 Å². The molecule has 0 amide bonds. The fourth-order valence-corrected chi connectivity index (χ4v) is 2.41. The van der Waals surface area contributed by atoms with Gasteiger partial charge >= 0.3 is 0 Å². The second-order valence-corrected chi connectivity index (χ2v) is 4.96. The number of hydrogen-bond donors (Lipinski definition) is 0. The molecule has 0 radical (unpaired) electrons. The van der Waals surface area contributed by atoms with Crippen molar-refractivity contribution in [2.45, 2.75) is 44.0 Å². The summed E-state index contributed by atoms with van der Waals surface area (Å²) in [4.78, 5) is 7.06. The van der Waals surface area contributed by atoms with Crippen molar-refractivity contribution in [3.63, 3.8) is 0 Å². The van der Waals surface area contributed by atoms with Gasteiger partial charge in [-0.25, -0.2) is 4.98 Å². The predicted octanol–water partition coefficient (Wildman–Crippen LogP) is 3.75. The lowest BCUT2D eigenvalue weighted by atomic mass is 10.2. The van der Waals surface area contributed by atoms with Gasteiger partial charge in [0.1, 0.15) is 5.82 Å². The third-order valence-electron chi connectivity index (χ3n) is 3.02. The highest BCUT2D eigenvalue weighted by atomic mass is 79.9. The molecule has 2 rings (SSSR count). The van der Waals surface area contributed by atoms with E-state index in [-0.39, 0.29) is 0 Å². The fraction of sp³-hybridized carbons (Fsp3) is 0.615.